The molecular weight excluding hydrogens is 283 g/mol. The van der Waals surface area contributed by atoms with E-state index >= 15 is 0 Å². The summed E-state index contributed by atoms with van der Waals surface area (Å²) in [5.74, 6) is -1.75. The zero-order valence-electron chi connectivity index (χ0n) is 12.2. The molecule has 0 spiro atoms. The molecule has 1 rings (SSSR count). The Morgan fingerprint density at radius 1 is 1.33 bits per heavy atom. The SMILES string of the molecule is CCCCN(CC(C)C(=O)O)c1ccccc1C(F)(F)F. The van der Waals surface area contributed by atoms with E-state index in [-0.39, 0.29) is 12.2 Å². The molecule has 21 heavy (non-hydrogen) atoms. The highest BCUT2D eigenvalue weighted by atomic mass is 19.4. The highest BCUT2D eigenvalue weighted by Gasteiger charge is 2.34. The first-order valence-corrected chi connectivity index (χ1v) is 6.91. The van der Waals surface area contributed by atoms with Crippen molar-refractivity contribution < 1.29 is 23.1 Å². The fourth-order valence-electron chi connectivity index (χ4n) is 2.06. The van der Waals surface area contributed by atoms with Crippen LogP contribution < -0.4 is 4.90 Å². The van der Waals surface area contributed by atoms with Gasteiger partial charge < -0.3 is 10.0 Å². The molecule has 6 heteroatoms. The van der Waals surface area contributed by atoms with Crippen molar-refractivity contribution in [2.75, 3.05) is 18.0 Å². The summed E-state index contributed by atoms with van der Waals surface area (Å²) in [5, 5.41) is 8.98. The van der Waals surface area contributed by atoms with Gasteiger partial charge in [-0.2, -0.15) is 13.2 Å². The molecule has 1 atom stereocenters. The standard InChI is InChI=1S/C15H20F3NO2/c1-3-4-9-19(10-11(2)14(20)21)13-8-6-5-7-12(13)15(16,17)18/h5-8,11H,3-4,9-10H2,1-2H3,(H,20,21). The van der Waals surface area contributed by atoms with Crippen LogP contribution in [-0.2, 0) is 11.0 Å². The molecular formula is C15H20F3NO2. The van der Waals surface area contributed by atoms with Gasteiger partial charge in [-0.25, -0.2) is 0 Å². The number of hydrogen-bond donors (Lipinski definition) is 1. The van der Waals surface area contributed by atoms with Gasteiger partial charge in [0.2, 0.25) is 0 Å². The molecule has 0 aliphatic rings. The average Bonchev–Trinajstić information content (AvgIpc) is 2.42. The molecule has 0 radical (unpaired) electrons. The van der Waals surface area contributed by atoms with Crippen molar-refractivity contribution in [3.05, 3.63) is 29.8 Å². The minimum atomic E-state index is -4.45. The van der Waals surface area contributed by atoms with Crippen LogP contribution in [-0.4, -0.2) is 24.2 Å². The maximum Gasteiger partial charge on any atom is 0.418 e. The Morgan fingerprint density at radius 3 is 2.48 bits per heavy atom. The lowest BCUT2D eigenvalue weighted by Crippen LogP contribution is -2.34. The summed E-state index contributed by atoms with van der Waals surface area (Å²) in [4.78, 5) is 12.5. The van der Waals surface area contributed by atoms with Crippen LogP contribution in [0, 0.1) is 5.92 Å². The van der Waals surface area contributed by atoms with Crippen LogP contribution in [0.1, 0.15) is 32.3 Å². The summed E-state index contributed by atoms with van der Waals surface area (Å²) in [6.45, 7) is 3.90. The second-order valence-corrected chi connectivity index (χ2v) is 5.05. The minimum absolute atomic E-state index is 0.0477. The number of carbonyl (C=O) groups is 1. The van der Waals surface area contributed by atoms with E-state index in [0.717, 1.165) is 12.5 Å². The number of nitrogens with zero attached hydrogens (tertiary/aromatic N) is 1. The maximum atomic E-state index is 13.1. The van der Waals surface area contributed by atoms with Crippen molar-refractivity contribution in [3.63, 3.8) is 0 Å². The van der Waals surface area contributed by atoms with Gasteiger partial charge in [-0.1, -0.05) is 32.4 Å². The summed E-state index contributed by atoms with van der Waals surface area (Å²) < 4.78 is 39.3. The number of carboxylic acids is 1. The normalized spacial score (nSPS) is 13.0. The van der Waals surface area contributed by atoms with E-state index in [4.69, 9.17) is 5.11 Å². The van der Waals surface area contributed by atoms with E-state index < -0.39 is 23.6 Å². The first kappa shape index (κ1) is 17.3. The van der Waals surface area contributed by atoms with Crippen molar-refractivity contribution in [2.45, 2.75) is 32.9 Å². The van der Waals surface area contributed by atoms with E-state index in [0.29, 0.717) is 13.0 Å². The second kappa shape index (κ2) is 7.33. The predicted molar refractivity (Wildman–Crippen MR) is 75.4 cm³/mol. The van der Waals surface area contributed by atoms with Gasteiger partial charge >= 0.3 is 12.1 Å². The first-order valence-electron chi connectivity index (χ1n) is 6.91. The quantitative estimate of drug-likeness (QED) is 0.826. The minimum Gasteiger partial charge on any atom is -0.481 e. The topological polar surface area (TPSA) is 40.5 Å². The Labute approximate surface area is 122 Å². The number of unbranched alkanes of at least 4 members (excludes halogenated alkanes) is 1. The van der Waals surface area contributed by atoms with Crippen LogP contribution in [0.4, 0.5) is 18.9 Å². The Balaban J connectivity index is 3.11. The summed E-state index contributed by atoms with van der Waals surface area (Å²) in [7, 11) is 0. The fourth-order valence-corrected chi connectivity index (χ4v) is 2.06. The van der Waals surface area contributed by atoms with E-state index in [2.05, 4.69) is 0 Å². The monoisotopic (exact) mass is 303 g/mol. The number of rotatable bonds is 7. The van der Waals surface area contributed by atoms with Crippen LogP contribution in [0.25, 0.3) is 0 Å². The molecule has 0 fully saturated rings. The highest BCUT2D eigenvalue weighted by Crippen LogP contribution is 2.36. The number of carboxylic acid groups (broad SMARTS) is 1. The molecule has 0 bridgehead atoms. The summed E-state index contributed by atoms with van der Waals surface area (Å²) >= 11 is 0. The van der Waals surface area contributed by atoms with Gasteiger partial charge in [0.1, 0.15) is 0 Å². The van der Waals surface area contributed by atoms with Gasteiger partial charge in [0, 0.05) is 18.8 Å². The zero-order valence-corrected chi connectivity index (χ0v) is 12.2. The number of alkyl halides is 3. The molecule has 3 nitrogen and oxygen atoms in total. The molecule has 0 aromatic heterocycles. The molecule has 0 amide bonds. The predicted octanol–water partition coefficient (Wildman–Crippen LogP) is 4.03. The van der Waals surface area contributed by atoms with E-state index in [1.54, 1.807) is 0 Å². The van der Waals surface area contributed by atoms with Crippen molar-refractivity contribution in [1.29, 1.82) is 0 Å². The van der Waals surface area contributed by atoms with Crippen LogP contribution in [0.2, 0.25) is 0 Å². The maximum absolute atomic E-state index is 13.1. The molecule has 0 aliphatic heterocycles. The molecule has 0 saturated heterocycles. The highest BCUT2D eigenvalue weighted by molar-refractivity contribution is 5.70. The van der Waals surface area contributed by atoms with Gasteiger partial charge in [0.15, 0.2) is 0 Å². The van der Waals surface area contributed by atoms with Crippen LogP contribution >= 0.6 is 0 Å². The van der Waals surface area contributed by atoms with Crippen molar-refractivity contribution >= 4 is 11.7 Å². The molecule has 0 aliphatic carbocycles. The summed E-state index contributed by atoms with van der Waals surface area (Å²) in [6.07, 6.45) is -2.92. The third-order valence-electron chi connectivity index (χ3n) is 3.25. The van der Waals surface area contributed by atoms with Gasteiger partial charge in [-0.3, -0.25) is 4.79 Å². The van der Waals surface area contributed by atoms with E-state index in [1.807, 2.05) is 6.92 Å². The summed E-state index contributed by atoms with van der Waals surface area (Å²) in [6, 6.07) is 5.30. The first-order chi connectivity index (χ1) is 9.77. The Bertz CT molecular complexity index is 474. The number of anilines is 1. The average molecular weight is 303 g/mol. The Hall–Kier alpha value is -1.72. The van der Waals surface area contributed by atoms with Crippen LogP contribution in [0.15, 0.2) is 24.3 Å². The van der Waals surface area contributed by atoms with Crippen molar-refractivity contribution in [2.24, 2.45) is 5.92 Å². The zero-order chi connectivity index (χ0) is 16.0. The van der Waals surface area contributed by atoms with E-state index in [9.17, 15) is 18.0 Å². The lowest BCUT2D eigenvalue weighted by molar-refractivity contribution is -0.140. The van der Waals surface area contributed by atoms with Gasteiger partial charge in [0.05, 0.1) is 11.5 Å². The van der Waals surface area contributed by atoms with Crippen molar-refractivity contribution in [3.8, 4) is 0 Å². The van der Waals surface area contributed by atoms with Crippen LogP contribution in [0.5, 0.6) is 0 Å². The largest absolute Gasteiger partial charge is 0.481 e. The number of aliphatic carboxylic acids is 1. The van der Waals surface area contributed by atoms with Gasteiger partial charge in [-0.05, 0) is 18.6 Å². The second-order valence-electron chi connectivity index (χ2n) is 5.05. The summed E-state index contributed by atoms with van der Waals surface area (Å²) in [5.41, 5.74) is -0.676. The molecule has 1 N–H and O–H groups in total. The van der Waals surface area contributed by atoms with Gasteiger partial charge in [-0.15, -0.1) is 0 Å². The lowest BCUT2D eigenvalue weighted by atomic mass is 10.1. The number of hydrogen-bond acceptors (Lipinski definition) is 2. The third-order valence-corrected chi connectivity index (χ3v) is 3.25. The third kappa shape index (κ3) is 4.95. The Kier molecular flexibility index (Phi) is 6.05. The smallest absolute Gasteiger partial charge is 0.418 e. The molecule has 0 saturated carbocycles. The van der Waals surface area contributed by atoms with Crippen molar-refractivity contribution in [1.82, 2.24) is 0 Å². The number of halogens is 3. The Morgan fingerprint density at radius 2 is 1.95 bits per heavy atom. The number of benzene rings is 1. The van der Waals surface area contributed by atoms with E-state index in [1.165, 1.54) is 30.0 Å². The van der Waals surface area contributed by atoms with Crippen LogP contribution in [0.3, 0.4) is 0 Å². The molecule has 1 unspecified atom stereocenters. The molecule has 1 aromatic rings. The lowest BCUT2D eigenvalue weighted by Gasteiger charge is -2.29. The fraction of sp³-hybridized carbons (Fsp3) is 0.533. The molecule has 118 valence electrons. The molecule has 0 heterocycles. The number of para-hydroxylation sites is 1. The molecule has 1 aromatic carbocycles. The van der Waals surface area contributed by atoms with Gasteiger partial charge in [0.25, 0.3) is 0 Å².